The molecule has 2 fully saturated rings. The molecule has 72 valence electrons. The third kappa shape index (κ3) is 5.57. The fourth-order valence-corrected chi connectivity index (χ4v) is 1.25. The summed E-state index contributed by atoms with van der Waals surface area (Å²) < 4.78 is 1.45. The molecule has 0 unspecified atom stereocenters. The first-order valence-corrected chi connectivity index (χ1v) is 5.21. The van der Waals surface area contributed by atoms with Gasteiger partial charge >= 0.3 is 6.40 Å². The van der Waals surface area contributed by atoms with Crippen LogP contribution in [0.25, 0.3) is 0 Å². The highest BCUT2D eigenvalue weighted by Gasteiger charge is 2.23. The maximum absolute atomic E-state index is 5.61. The summed E-state index contributed by atoms with van der Waals surface area (Å²) in [7, 11) is 4.16. The number of rotatable bonds is 0. The van der Waals surface area contributed by atoms with Gasteiger partial charge in [-0.25, -0.2) is 0 Å². The van der Waals surface area contributed by atoms with Crippen LogP contribution in [-0.2, 0) is 0 Å². The van der Waals surface area contributed by atoms with E-state index in [1.54, 1.807) is 0 Å². The molecule has 6 nitrogen and oxygen atoms in total. The zero-order chi connectivity index (χ0) is 10.2. The van der Waals surface area contributed by atoms with Gasteiger partial charge in [0.15, 0.2) is 0 Å². The minimum Gasteiger partial charge on any atom is -0.378 e. The number of hydrogen-bond donors (Lipinski definition) is 5. The van der Waals surface area contributed by atoms with E-state index in [1.165, 1.54) is 4.24 Å². The van der Waals surface area contributed by atoms with Gasteiger partial charge in [-0.05, 0) is 11.8 Å². The molecule has 2 aliphatic rings. The van der Waals surface area contributed by atoms with Crippen molar-refractivity contribution in [3.05, 3.63) is 0 Å². The Labute approximate surface area is 97.5 Å². The Morgan fingerprint density at radius 2 is 1.50 bits per heavy atom. The van der Waals surface area contributed by atoms with E-state index in [4.69, 9.17) is 23.2 Å². The van der Waals surface area contributed by atoms with Crippen LogP contribution in [0.1, 0.15) is 0 Å². The lowest BCUT2D eigenvalue weighted by molar-refractivity contribution is 1.02. The van der Waals surface area contributed by atoms with Crippen LogP contribution in [0, 0.1) is 0 Å². The van der Waals surface area contributed by atoms with E-state index in [0.29, 0.717) is 7.55 Å². The number of nitrogens with zero attached hydrogens (tertiary/aromatic N) is 1. The molecular weight excluding hydrogens is 220 g/mol. The van der Waals surface area contributed by atoms with E-state index in [-0.39, 0.29) is 6.40 Å². The molecule has 0 aromatic heterocycles. The molecule has 2 saturated heterocycles. The Balaban J connectivity index is 0.000000146. The van der Waals surface area contributed by atoms with E-state index in [0.717, 1.165) is 30.2 Å². The zero-order valence-corrected chi connectivity index (χ0v) is 9.33. The highest BCUT2D eigenvalue weighted by Crippen LogP contribution is 1.98. The zero-order valence-electron chi connectivity index (χ0n) is 7.82. The van der Waals surface area contributed by atoms with E-state index in [2.05, 4.69) is 25.7 Å². The third-order valence-corrected chi connectivity index (χ3v) is 2.46. The van der Waals surface area contributed by atoms with Crippen molar-refractivity contribution in [3.63, 3.8) is 0 Å². The van der Waals surface area contributed by atoms with Crippen LogP contribution in [0.5, 0.6) is 0 Å². The summed E-state index contributed by atoms with van der Waals surface area (Å²) in [5.41, 5.74) is 0. The molecule has 2 heterocycles. The molecule has 0 saturated carbocycles. The summed E-state index contributed by atoms with van der Waals surface area (Å²) in [6.45, 7) is 0. The van der Waals surface area contributed by atoms with Crippen molar-refractivity contribution in [2.45, 2.75) is 0 Å². The van der Waals surface area contributed by atoms with Gasteiger partial charge in [-0.15, -0.1) is 11.5 Å². The van der Waals surface area contributed by atoms with Gasteiger partial charge in [-0.2, -0.15) is 0 Å². The predicted molar refractivity (Wildman–Crippen MR) is 70.7 cm³/mol. The minimum absolute atomic E-state index is 0.238. The van der Waals surface area contributed by atoms with Crippen LogP contribution >= 0.6 is 23.2 Å². The van der Waals surface area contributed by atoms with Crippen LogP contribution < -0.4 is 25.7 Å². The lowest BCUT2D eigenvalue weighted by atomic mass is 9.84. The summed E-state index contributed by atoms with van der Waals surface area (Å²) in [4.78, 5) is 0. The second-order valence-corrected chi connectivity index (χ2v) is 3.65. The van der Waals surface area contributed by atoms with E-state index in [9.17, 15) is 0 Å². The molecule has 14 heteroatoms. The molecule has 2 aliphatic heterocycles. The number of hydrogen-bond acceptors (Lipinski definition) is 6. The first-order chi connectivity index (χ1) is 6.80. The normalized spacial score (nSPS) is 21.1. The number of nitrogens with one attached hydrogen (secondary N) is 5. The van der Waals surface area contributed by atoms with Crippen molar-refractivity contribution < 1.29 is 0 Å². The van der Waals surface area contributed by atoms with Gasteiger partial charge < -0.3 is 25.7 Å². The monoisotopic (exact) mass is 230 g/mol. The third-order valence-electron chi connectivity index (χ3n) is 1.65. The van der Waals surface area contributed by atoms with Gasteiger partial charge in [-0.1, -0.05) is 0 Å². The van der Waals surface area contributed by atoms with Gasteiger partial charge in [0.1, 0.15) is 0 Å². The van der Waals surface area contributed by atoms with Gasteiger partial charge in [-0.3, -0.25) is 4.24 Å². The molecule has 0 atom stereocenters. The fourth-order valence-electron chi connectivity index (χ4n) is 0.951. The summed E-state index contributed by atoms with van der Waals surface area (Å²) in [5, 5.41) is 15.0. The van der Waals surface area contributed by atoms with Crippen LogP contribution in [-0.4, -0.2) is 48.4 Å². The minimum atomic E-state index is -0.238. The van der Waals surface area contributed by atoms with Gasteiger partial charge in [0.25, 0.3) is 37.7 Å². The largest absolute Gasteiger partial charge is 0.410 e. The molecule has 0 radical (unpaired) electrons. The standard InChI is InChI=1S/B3Cl2H4N3.B3H6N3/c4-3-7-1-6-2-8(3)5;1-4-2-6-3-5-1/h1-2,6-7H;1-6H. The first kappa shape index (κ1) is 12.8. The summed E-state index contributed by atoms with van der Waals surface area (Å²) >= 11 is 11.2. The average molecular weight is 230 g/mol. The second-order valence-electron chi connectivity index (χ2n) is 2.80. The van der Waals surface area contributed by atoms with Crippen molar-refractivity contribution in [3.8, 4) is 0 Å². The fraction of sp³-hybridized carbons (Fsp3) is 0. The summed E-state index contributed by atoms with van der Waals surface area (Å²) in [5.74, 6) is 0. The topological polar surface area (TPSA) is 63.4 Å². The molecular formula is H10B6Cl2N6. The summed E-state index contributed by atoms with van der Waals surface area (Å²) in [6.07, 6.45) is -0.238. The van der Waals surface area contributed by atoms with E-state index >= 15 is 0 Å². The van der Waals surface area contributed by atoms with E-state index in [1.807, 2.05) is 0 Å². The molecule has 2 rings (SSSR count). The van der Waals surface area contributed by atoms with Crippen LogP contribution in [0.3, 0.4) is 0 Å². The Morgan fingerprint density at radius 1 is 0.929 bits per heavy atom. The van der Waals surface area contributed by atoms with Crippen molar-refractivity contribution in [1.29, 1.82) is 0 Å². The van der Waals surface area contributed by atoms with Crippen LogP contribution in [0.15, 0.2) is 0 Å². The Morgan fingerprint density at radius 3 is 1.79 bits per heavy atom. The quantitative estimate of drug-likeness (QED) is 0.212. The molecule has 0 spiro atoms. The van der Waals surface area contributed by atoms with Crippen LogP contribution in [0.2, 0.25) is 0 Å². The molecule has 0 bridgehead atoms. The molecule has 0 aromatic rings. The SMILES string of the molecule is B1NBNBN1.ClB1NBNBN1Cl. The van der Waals surface area contributed by atoms with Gasteiger partial charge in [0, 0.05) is 0 Å². The molecule has 5 N–H and O–H groups in total. The maximum Gasteiger partial charge on any atom is 0.410 e. The van der Waals surface area contributed by atoms with Gasteiger partial charge in [0.05, 0.1) is 0 Å². The molecule has 0 aliphatic carbocycles. The molecule has 0 aromatic carbocycles. The van der Waals surface area contributed by atoms with Crippen molar-refractivity contribution >= 4 is 67.4 Å². The molecule has 0 amide bonds. The highest BCUT2D eigenvalue weighted by atomic mass is 35.5. The van der Waals surface area contributed by atoms with Crippen LogP contribution in [0.4, 0.5) is 0 Å². The molecule has 14 heavy (non-hydrogen) atoms. The lowest BCUT2D eigenvalue weighted by Gasteiger charge is -2.21. The predicted octanol–water partition coefficient (Wildman–Crippen LogP) is -5.04. The maximum atomic E-state index is 5.61. The number of halogens is 2. The van der Waals surface area contributed by atoms with E-state index < -0.39 is 0 Å². The van der Waals surface area contributed by atoms with Crippen molar-refractivity contribution in [1.82, 2.24) is 29.9 Å². The Bertz CT molecular complexity index is 123. The smallest absolute Gasteiger partial charge is 0.378 e. The first-order valence-electron chi connectivity index (χ1n) is 4.43. The van der Waals surface area contributed by atoms with Crippen molar-refractivity contribution in [2.75, 3.05) is 0 Å². The lowest BCUT2D eigenvalue weighted by Crippen LogP contribution is -2.59. The highest BCUT2D eigenvalue weighted by molar-refractivity contribution is 7.11. The van der Waals surface area contributed by atoms with Crippen molar-refractivity contribution in [2.24, 2.45) is 0 Å². The Hall–Kier alpha value is 0.730. The Kier molecular flexibility index (Phi) is 7.27. The summed E-state index contributed by atoms with van der Waals surface area (Å²) in [6, 6.07) is 0. The van der Waals surface area contributed by atoms with Gasteiger partial charge in [0.2, 0.25) is 0 Å². The average Bonchev–Trinajstić information content (AvgIpc) is 2.26. The second kappa shape index (κ2) is 7.95.